The Hall–Kier alpha value is -0.530. The van der Waals surface area contributed by atoms with Gasteiger partial charge in [-0.25, -0.2) is 0 Å². The van der Waals surface area contributed by atoms with Crippen LogP contribution in [0.3, 0.4) is 0 Å². The Morgan fingerprint density at radius 2 is 1.64 bits per heavy atom. The van der Waals surface area contributed by atoms with E-state index in [0.717, 1.165) is 25.0 Å². The number of nitrogens with zero attached hydrogens (tertiary/aromatic N) is 1. The van der Waals surface area contributed by atoms with Gasteiger partial charge >= 0.3 is 0 Å². The Morgan fingerprint density at radius 3 is 2.21 bits per heavy atom. The van der Waals surface area contributed by atoms with Gasteiger partial charge in [0.1, 0.15) is 12.7 Å². The van der Waals surface area contributed by atoms with Crippen molar-refractivity contribution in [2.45, 2.75) is 92.0 Å². The van der Waals surface area contributed by atoms with Crippen LogP contribution >= 0.6 is 8.38 Å². The second-order valence-corrected chi connectivity index (χ2v) is 8.49. The van der Waals surface area contributed by atoms with E-state index >= 15 is 0 Å². The molecular formula is C25H54NO6P. The second-order valence-electron chi connectivity index (χ2n) is 7.09. The van der Waals surface area contributed by atoms with Crippen LogP contribution in [0.1, 0.15) is 79.6 Å². The summed E-state index contributed by atoms with van der Waals surface area (Å²) in [4.78, 5) is 1.74. The van der Waals surface area contributed by atoms with Gasteiger partial charge in [0.15, 0.2) is 14.7 Å². The minimum absolute atomic E-state index is 0.00725. The minimum Gasteiger partial charge on any atom is -0.496 e. The summed E-state index contributed by atoms with van der Waals surface area (Å²) in [5.74, 6) is 0.734. The molecule has 3 unspecified atom stereocenters. The fraction of sp³-hybridized carbons (Fsp3) is 0.840. The highest BCUT2D eigenvalue weighted by Gasteiger charge is 2.16. The average molecular weight is 496 g/mol. The summed E-state index contributed by atoms with van der Waals surface area (Å²) in [6.45, 7) is 20.8. The molecule has 200 valence electrons. The maximum Gasteiger partial charge on any atom is 0.167 e. The van der Waals surface area contributed by atoms with E-state index in [-0.39, 0.29) is 19.9 Å². The molecule has 0 aliphatic rings. The van der Waals surface area contributed by atoms with Crippen molar-refractivity contribution >= 4 is 8.38 Å². The Morgan fingerprint density at radius 1 is 1.03 bits per heavy atom. The van der Waals surface area contributed by atoms with Crippen LogP contribution in [0.2, 0.25) is 0 Å². The molecule has 0 aromatic rings. The topological polar surface area (TPSA) is 80.6 Å². The summed E-state index contributed by atoms with van der Waals surface area (Å²) in [5.41, 5.74) is 0. The van der Waals surface area contributed by atoms with E-state index in [1.807, 2.05) is 47.5 Å². The maximum atomic E-state index is 9.53. The van der Waals surface area contributed by atoms with Gasteiger partial charge in [0, 0.05) is 19.6 Å². The fourth-order valence-electron chi connectivity index (χ4n) is 2.45. The van der Waals surface area contributed by atoms with Gasteiger partial charge in [-0.2, -0.15) is 0 Å². The first-order chi connectivity index (χ1) is 15.9. The Kier molecular flexibility index (Phi) is 33.1. The Balaban J connectivity index is -0.00000212. The maximum absolute atomic E-state index is 9.53. The third-order valence-electron chi connectivity index (χ3n) is 4.16. The van der Waals surface area contributed by atoms with E-state index in [4.69, 9.17) is 23.6 Å². The Bertz CT molecular complexity index is 412. The predicted molar refractivity (Wildman–Crippen MR) is 141 cm³/mol. The molecule has 2 N–H and O–H groups in total. The van der Waals surface area contributed by atoms with Crippen LogP contribution in [-0.4, -0.2) is 74.3 Å². The van der Waals surface area contributed by atoms with E-state index in [0.29, 0.717) is 13.2 Å². The molecule has 0 aromatic carbocycles. The summed E-state index contributed by atoms with van der Waals surface area (Å²) < 4.78 is 22.5. The summed E-state index contributed by atoms with van der Waals surface area (Å²) in [5, 5.41) is 18.5. The van der Waals surface area contributed by atoms with Gasteiger partial charge in [-0.05, 0) is 33.2 Å². The van der Waals surface area contributed by atoms with Crippen molar-refractivity contribution < 1.29 is 28.7 Å². The number of aliphatic hydroxyl groups excluding tert-OH is 2. The van der Waals surface area contributed by atoms with E-state index in [9.17, 15) is 5.11 Å². The van der Waals surface area contributed by atoms with Gasteiger partial charge in [0.25, 0.3) is 0 Å². The standard InChI is InChI=1S/C21H42NO6P.2C2H6/c1-6-7-8-9-10-11-12-13-19(2)25-16-21(28-20(3)24)17-27-29(5)26-15-14-22(4)18-23;2*1-2/h6,20-21,23-24H,1-2,7-18H2,3-5H3;2*1-2H3. The SMILES string of the molecule is C=CCCCCCCCC(=C)OCC(COP(C)OCCN(C)CO)OC(C)O.CC.CC. The van der Waals surface area contributed by atoms with E-state index in [1.54, 1.807) is 11.8 Å². The highest BCUT2D eigenvalue weighted by atomic mass is 31.2. The van der Waals surface area contributed by atoms with Crippen LogP contribution in [0.4, 0.5) is 0 Å². The van der Waals surface area contributed by atoms with Gasteiger partial charge in [-0.3, -0.25) is 4.90 Å². The zero-order valence-electron chi connectivity index (χ0n) is 22.6. The van der Waals surface area contributed by atoms with Gasteiger partial charge in [-0.15, -0.1) is 6.58 Å². The van der Waals surface area contributed by atoms with Crippen LogP contribution in [0, 0.1) is 0 Å². The van der Waals surface area contributed by atoms with Crippen molar-refractivity contribution in [1.29, 1.82) is 0 Å². The number of unbranched alkanes of at least 4 members (excludes halogenated alkanes) is 5. The highest BCUT2D eigenvalue weighted by molar-refractivity contribution is 7.46. The van der Waals surface area contributed by atoms with Crippen molar-refractivity contribution in [3.63, 3.8) is 0 Å². The van der Waals surface area contributed by atoms with Crippen molar-refractivity contribution in [3.8, 4) is 0 Å². The summed E-state index contributed by atoms with van der Waals surface area (Å²) in [6.07, 6.45) is 8.46. The van der Waals surface area contributed by atoms with Crippen LogP contribution in [0.15, 0.2) is 25.0 Å². The van der Waals surface area contributed by atoms with Crippen molar-refractivity contribution in [3.05, 3.63) is 25.0 Å². The summed E-state index contributed by atoms with van der Waals surface area (Å²) in [6, 6.07) is 0. The van der Waals surface area contributed by atoms with Crippen LogP contribution < -0.4 is 0 Å². The number of rotatable bonds is 21. The molecule has 0 bridgehead atoms. The number of ether oxygens (including phenoxy) is 2. The zero-order chi connectivity index (χ0) is 25.9. The predicted octanol–water partition coefficient (Wildman–Crippen LogP) is 6.07. The summed E-state index contributed by atoms with van der Waals surface area (Å²) in [7, 11) is 0.735. The number of hydrogen-bond acceptors (Lipinski definition) is 7. The monoisotopic (exact) mass is 495 g/mol. The lowest BCUT2D eigenvalue weighted by Gasteiger charge is -2.23. The van der Waals surface area contributed by atoms with E-state index < -0.39 is 20.8 Å². The summed E-state index contributed by atoms with van der Waals surface area (Å²) >= 11 is 0. The average Bonchev–Trinajstić information content (AvgIpc) is 2.82. The first-order valence-corrected chi connectivity index (χ1v) is 14.1. The quantitative estimate of drug-likeness (QED) is 0.0658. The minimum atomic E-state index is -1.07. The lowest BCUT2D eigenvalue weighted by molar-refractivity contribution is -0.146. The lowest BCUT2D eigenvalue weighted by Crippen LogP contribution is -2.29. The second kappa shape index (κ2) is 29.5. The molecule has 0 aromatic heterocycles. The first kappa shape index (κ1) is 37.0. The van der Waals surface area contributed by atoms with E-state index in [2.05, 4.69) is 13.2 Å². The Labute approximate surface area is 206 Å². The third kappa shape index (κ3) is 29.4. The van der Waals surface area contributed by atoms with Crippen molar-refractivity contribution in [2.75, 3.05) is 46.8 Å². The van der Waals surface area contributed by atoms with Crippen LogP contribution in [-0.2, 0) is 18.5 Å². The van der Waals surface area contributed by atoms with Gasteiger partial charge < -0.3 is 28.7 Å². The van der Waals surface area contributed by atoms with Gasteiger partial charge in [0.05, 0.1) is 25.7 Å². The van der Waals surface area contributed by atoms with Crippen LogP contribution in [0.25, 0.3) is 0 Å². The molecule has 0 aliphatic heterocycles. The molecule has 0 saturated carbocycles. The molecule has 3 atom stereocenters. The molecule has 0 fully saturated rings. The molecule has 0 amide bonds. The molecule has 0 radical (unpaired) electrons. The normalized spacial score (nSPS) is 13.2. The van der Waals surface area contributed by atoms with E-state index in [1.165, 1.54) is 25.7 Å². The van der Waals surface area contributed by atoms with Crippen LogP contribution in [0.5, 0.6) is 0 Å². The smallest absolute Gasteiger partial charge is 0.167 e. The highest BCUT2D eigenvalue weighted by Crippen LogP contribution is 2.33. The molecule has 0 aliphatic carbocycles. The molecule has 0 spiro atoms. The van der Waals surface area contributed by atoms with Crippen molar-refractivity contribution in [2.24, 2.45) is 0 Å². The van der Waals surface area contributed by atoms with Crippen molar-refractivity contribution in [1.82, 2.24) is 4.90 Å². The number of likely N-dealkylation sites (N-methyl/N-ethyl adjacent to an activating group) is 1. The van der Waals surface area contributed by atoms with Gasteiger partial charge in [-0.1, -0.05) is 59.6 Å². The third-order valence-corrected chi connectivity index (χ3v) is 5.22. The zero-order valence-corrected chi connectivity index (χ0v) is 23.4. The number of aliphatic hydroxyl groups is 2. The number of hydrogen-bond donors (Lipinski definition) is 2. The molecule has 7 nitrogen and oxygen atoms in total. The fourth-order valence-corrected chi connectivity index (χ4v) is 3.24. The molecule has 33 heavy (non-hydrogen) atoms. The molecular weight excluding hydrogens is 441 g/mol. The molecule has 0 heterocycles. The number of allylic oxidation sites excluding steroid dienone is 2. The van der Waals surface area contributed by atoms with Gasteiger partial charge in [0.2, 0.25) is 0 Å². The lowest BCUT2D eigenvalue weighted by atomic mass is 10.1. The molecule has 8 heteroatoms. The molecule has 0 rings (SSSR count). The first-order valence-electron chi connectivity index (χ1n) is 12.4. The molecule has 0 saturated heterocycles. The largest absolute Gasteiger partial charge is 0.496 e.